The molecule has 1 aliphatic rings. The number of carbonyl (C=O) groups excluding carboxylic acids is 1. The Labute approximate surface area is 120 Å². The Morgan fingerprint density at radius 2 is 2.05 bits per heavy atom. The molecule has 2 rings (SSSR count). The molecule has 0 saturated carbocycles. The number of hydrogen-bond acceptors (Lipinski definition) is 4. The number of amides is 1. The SMILES string of the molecule is CCOC1CCN(C(C(=O)NN)c2ccccc2)CC1. The van der Waals surface area contributed by atoms with Gasteiger partial charge in [0, 0.05) is 19.7 Å². The first-order valence-electron chi connectivity index (χ1n) is 7.17. The number of rotatable bonds is 5. The second-order valence-electron chi connectivity index (χ2n) is 5.01. The van der Waals surface area contributed by atoms with Crippen LogP contribution in [0.3, 0.4) is 0 Å². The lowest BCUT2D eigenvalue weighted by molar-refractivity contribution is -0.128. The highest BCUT2D eigenvalue weighted by Gasteiger charge is 2.30. The Kier molecular flexibility index (Phi) is 5.52. The minimum atomic E-state index is -0.316. The smallest absolute Gasteiger partial charge is 0.255 e. The van der Waals surface area contributed by atoms with Crippen LogP contribution in [0.25, 0.3) is 0 Å². The molecule has 110 valence electrons. The molecule has 0 aromatic heterocycles. The summed E-state index contributed by atoms with van der Waals surface area (Å²) in [6, 6.07) is 9.45. The number of nitrogens with zero attached hydrogens (tertiary/aromatic N) is 1. The fourth-order valence-electron chi connectivity index (χ4n) is 2.78. The van der Waals surface area contributed by atoms with Gasteiger partial charge in [-0.25, -0.2) is 5.84 Å². The molecule has 1 unspecified atom stereocenters. The van der Waals surface area contributed by atoms with Gasteiger partial charge in [-0.1, -0.05) is 30.3 Å². The summed E-state index contributed by atoms with van der Waals surface area (Å²) < 4.78 is 5.65. The summed E-state index contributed by atoms with van der Waals surface area (Å²) in [6.07, 6.45) is 2.22. The van der Waals surface area contributed by atoms with E-state index in [2.05, 4.69) is 10.3 Å². The zero-order chi connectivity index (χ0) is 14.4. The van der Waals surface area contributed by atoms with Gasteiger partial charge in [0.05, 0.1) is 6.10 Å². The molecule has 5 nitrogen and oxygen atoms in total. The largest absolute Gasteiger partial charge is 0.378 e. The monoisotopic (exact) mass is 277 g/mol. The van der Waals surface area contributed by atoms with Crippen LogP contribution in [-0.2, 0) is 9.53 Å². The van der Waals surface area contributed by atoms with Crippen LogP contribution < -0.4 is 11.3 Å². The van der Waals surface area contributed by atoms with Crippen molar-refractivity contribution in [3.8, 4) is 0 Å². The lowest BCUT2D eigenvalue weighted by Gasteiger charge is -2.36. The molecule has 0 radical (unpaired) electrons. The average Bonchev–Trinajstić information content (AvgIpc) is 2.50. The van der Waals surface area contributed by atoms with Crippen LogP contribution >= 0.6 is 0 Å². The highest BCUT2D eigenvalue weighted by molar-refractivity contribution is 5.82. The van der Waals surface area contributed by atoms with Gasteiger partial charge in [0.2, 0.25) is 0 Å². The zero-order valence-corrected chi connectivity index (χ0v) is 11.9. The highest BCUT2D eigenvalue weighted by atomic mass is 16.5. The van der Waals surface area contributed by atoms with Crippen molar-refractivity contribution in [2.45, 2.75) is 31.9 Å². The van der Waals surface area contributed by atoms with Gasteiger partial charge in [0.15, 0.2) is 0 Å². The van der Waals surface area contributed by atoms with Gasteiger partial charge in [0.25, 0.3) is 5.91 Å². The van der Waals surface area contributed by atoms with E-state index in [1.165, 1.54) is 0 Å². The van der Waals surface area contributed by atoms with Gasteiger partial charge in [-0.2, -0.15) is 0 Å². The third-order valence-corrected chi connectivity index (χ3v) is 3.75. The minimum absolute atomic E-state index is 0.161. The quantitative estimate of drug-likeness (QED) is 0.482. The summed E-state index contributed by atoms with van der Waals surface area (Å²) in [5, 5.41) is 0. The van der Waals surface area contributed by atoms with Crippen molar-refractivity contribution in [2.24, 2.45) is 5.84 Å². The lowest BCUT2D eigenvalue weighted by Crippen LogP contribution is -2.47. The van der Waals surface area contributed by atoms with Gasteiger partial charge in [-0.05, 0) is 25.3 Å². The highest BCUT2D eigenvalue weighted by Crippen LogP contribution is 2.25. The van der Waals surface area contributed by atoms with Crippen molar-refractivity contribution in [2.75, 3.05) is 19.7 Å². The molecule has 1 fully saturated rings. The number of nitrogens with one attached hydrogen (secondary N) is 1. The summed E-state index contributed by atoms with van der Waals surface area (Å²) >= 11 is 0. The molecule has 0 spiro atoms. The number of nitrogens with two attached hydrogens (primary N) is 1. The maximum Gasteiger partial charge on any atom is 0.255 e. The third kappa shape index (κ3) is 3.56. The fourth-order valence-corrected chi connectivity index (χ4v) is 2.78. The first kappa shape index (κ1) is 15.0. The zero-order valence-electron chi connectivity index (χ0n) is 11.9. The summed E-state index contributed by atoms with van der Waals surface area (Å²) in [4.78, 5) is 14.3. The Balaban J connectivity index is 2.07. The van der Waals surface area contributed by atoms with Gasteiger partial charge in [-0.15, -0.1) is 0 Å². The number of likely N-dealkylation sites (tertiary alicyclic amines) is 1. The predicted octanol–water partition coefficient (Wildman–Crippen LogP) is 1.22. The van der Waals surface area contributed by atoms with Gasteiger partial charge in [0.1, 0.15) is 6.04 Å². The lowest BCUT2D eigenvalue weighted by atomic mass is 10.00. The van der Waals surface area contributed by atoms with E-state index >= 15 is 0 Å². The molecule has 1 saturated heterocycles. The molecule has 3 N–H and O–H groups in total. The number of carbonyl (C=O) groups is 1. The molecule has 1 heterocycles. The molecular formula is C15H23N3O2. The summed E-state index contributed by atoms with van der Waals surface area (Å²) in [5.74, 6) is 5.18. The van der Waals surface area contributed by atoms with E-state index in [0.29, 0.717) is 6.10 Å². The van der Waals surface area contributed by atoms with Crippen molar-refractivity contribution in [1.82, 2.24) is 10.3 Å². The summed E-state index contributed by atoms with van der Waals surface area (Å²) in [5.41, 5.74) is 3.26. The topological polar surface area (TPSA) is 67.6 Å². The van der Waals surface area contributed by atoms with Crippen molar-refractivity contribution in [3.05, 3.63) is 35.9 Å². The number of hydrogen-bond donors (Lipinski definition) is 2. The van der Waals surface area contributed by atoms with E-state index in [1.807, 2.05) is 37.3 Å². The van der Waals surface area contributed by atoms with E-state index in [-0.39, 0.29) is 11.9 Å². The summed E-state index contributed by atoms with van der Waals surface area (Å²) in [6.45, 7) is 4.45. The van der Waals surface area contributed by atoms with Crippen LogP contribution in [-0.4, -0.2) is 36.6 Å². The average molecular weight is 277 g/mol. The fraction of sp³-hybridized carbons (Fsp3) is 0.533. The number of piperidine rings is 1. The van der Waals surface area contributed by atoms with Crippen LogP contribution in [0, 0.1) is 0 Å². The third-order valence-electron chi connectivity index (χ3n) is 3.75. The minimum Gasteiger partial charge on any atom is -0.378 e. The van der Waals surface area contributed by atoms with Crippen molar-refractivity contribution >= 4 is 5.91 Å². The number of hydrazine groups is 1. The molecule has 1 aromatic carbocycles. The normalized spacial score (nSPS) is 18.7. The van der Waals surface area contributed by atoms with Crippen LogP contribution in [0.5, 0.6) is 0 Å². The van der Waals surface area contributed by atoms with Crippen LogP contribution in [0.2, 0.25) is 0 Å². The molecule has 20 heavy (non-hydrogen) atoms. The summed E-state index contributed by atoms with van der Waals surface area (Å²) in [7, 11) is 0. The molecule has 1 aliphatic heterocycles. The van der Waals surface area contributed by atoms with Crippen LogP contribution in [0.4, 0.5) is 0 Å². The number of benzene rings is 1. The Hall–Kier alpha value is -1.43. The standard InChI is InChI=1S/C15H23N3O2/c1-2-20-13-8-10-18(11-9-13)14(15(19)17-16)12-6-4-3-5-7-12/h3-7,13-14H,2,8-11,16H2,1H3,(H,17,19). The maximum atomic E-state index is 12.1. The van der Waals surface area contributed by atoms with Crippen molar-refractivity contribution < 1.29 is 9.53 Å². The number of ether oxygens (including phenoxy) is 1. The molecular weight excluding hydrogens is 254 g/mol. The van der Waals surface area contributed by atoms with Crippen LogP contribution in [0.15, 0.2) is 30.3 Å². The predicted molar refractivity (Wildman–Crippen MR) is 77.7 cm³/mol. The molecule has 0 aliphatic carbocycles. The Morgan fingerprint density at radius 1 is 1.40 bits per heavy atom. The van der Waals surface area contributed by atoms with Crippen LogP contribution in [0.1, 0.15) is 31.4 Å². The maximum absolute atomic E-state index is 12.1. The molecule has 5 heteroatoms. The molecule has 0 bridgehead atoms. The molecule has 1 atom stereocenters. The van der Waals surface area contributed by atoms with Gasteiger partial charge < -0.3 is 4.74 Å². The second-order valence-corrected chi connectivity index (χ2v) is 5.01. The Bertz CT molecular complexity index is 416. The van der Waals surface area contributed by atoms with E-state index in [4.69, 9.17) is 10.6 Å². The second kappa shape index (κ2) is 7.38. The van der Waals surface area contributed by atoms with E-state index < -0.39 is 0 Å². The molecule has 1 amide bonds. The van der Waals surface area contributed by atoms with Crippen molar-refractivity contribution in [1.29, 1.82) is 0 Å². The van der Waals surface area contributed by atoms with E-state index in [9.17, 15) is 4.79 Å². The molecule has 1 aromatic rings. The van der Waals surface area contributed by atoms with Gasteiger partial charge >= 0.3 is 0 Å². The van der Waals surface area contributed by atoms with E-state index in [0.717, 1.165) is 38.1 Å². The first-order valence-corrected chi connectivity index (χ1v) is 7.17. The van der Waals surface area contributed by atoms with Gasteiger partial charge in [-0.3, -0.25) is 15.1 Å². The first-order chi connectivity index (χ1) is 9.76. The van der Waals surface area contributed by atoms with E-state index in [1.54, 1.807) is 0 Å². The Morgan fingerprint density at radius 3 is 2.60 bits per heavy atom. The van der Waals surface area contributed by atoms with Crippen molar-refractivity contribution in [3.63, 3.8) is 0 Å².